The van der Waals surface area contributed by atoms with E-state index < -0.39 is 6.03 Å². The van der Waals surface area contributed by atoms with E-state index in [0.717, 1.165) is 9.91 Å². The number of carbonyl (C=O) groups excluding carboxylic acids is 3. The Kier molecular flexibility index (Phi) is 4.75. The lowest BCUT2D eigenvalue weighted by atomic mass is 10.1. The van der Waals surface area contributed by atoms with E-state index in [9.17, 15) is 14.4 Å². The minimum absolute atomic E-state index is 0.104. The third-order valence-electron chi connectivity index (χ3n) is 3.65. The Morgan fingerprint density at radius 3 is 2.36 bits per heavy atom. The van der Waals surface area contributed by atoms with Crippen molar-refractivity contribution in [3.63, 3.8) is 0 Å². The molecule has 0 unspecified atom stereocenters. The van der Waals surface area contributed by atoms with Crippen LogP contribution in [0.2, 0.25) is 0 Å². The molecular formula is C16H17N5O3S. The van der Waals surface area contributed by atoms with Crippen LogP contribution in [0.15, 0.2) is 24.3 Å². The van der Waals surface area contributed by atoms with Crippen molar-refractivity contribution in [1.29, 1.82) is 0 Å². The second-order valence-corrected chi connectivity index (χ2v) is 6.80. The number of fused-ring (bicyclic) bond motifs is 1. The van der Waals surface area contributed by atoms with Crippen LogP contribution in [0.3, 0.4) is 0 Å². The summed E-state index contributed by atoms with van der Waals surface area (Å²) >= 11 is 1.31. The van der Waals surface area contributed by atoms with Gasteiger partial charge < -0.3 is 5.32 Å². The van der Waals surface area contributed by atoms with Crippen LogP contribution >= 0.6 is 11.3 Å². The van der Waals surface area contributed by atoms with Crippen molar-refractivity contribution >= 4 is 34.3 Å². The van der Waals surface area contributed by atoms with Crippen molar-refractivity contribution in [2.75, 3.05) is 18.4 Å². The normalized spacial score (nSPS) is 13.3. The Morgan fingerprint density at radius 1 is 1.16 bits per heavy atom. The number of carbonyl (C=O) groups is 3. The Balaban J connectivity index is 1.50. The number of nitrogens with one attached hydrogen (secondary N) is 2. The van der Waals surface area contributed by atoms with Gasteiger partial charge in [-0.15, -0.1) is 10.2 Å². The van der Waals surface area contributed by atoms with Gasteiger partial charge in [0.1, 0.15) is 5.01 Å². The number of aromatic nitrogens is 2. The van der Waals surface area contributed by atoms with Crippen molar-refractivity contribution in [3.8, 4) is 0 Å². The van der Waals surface area contributed by atoms with Gasteiger partial charge in [0.25, 0.3) is 11.8 Å². The number of urea groups is 1. The number of hydrogen-bond acceptors (Lipinski definition) is 6. The highest BCUT2D eigenvalue weighted by Gasteiger charge is 2.34. The molecule has 0 fully saturated rings. The maximum atomic E-state index is 12.2. The molecule has 0 aliphatic carbocycles. The van der Waals surface area contributed by atoms with Crippen LogP contribution in [-0.2, 0) is 0 Å². The third kappa shape index (κ3) is 3.50. The van der Waals surface area contributed by atoms with Crippen molar-refractivity contribution in [3.05, 3.63) is 40.4 Å². The van der Waals surface area contributed by atoms with E-state index in [4.69, 9.17) is 0 Å². The van der Waals surface area contributed by atoms with Gasteiger partial charge in [-0.1, -0.05) is 37.3 Å². The summed E-state index contributed by atoms with van der Waals surface area (Å²) in [7, 11) is 0. The summed E-state index contributed by atoms with van der Waals surface area (Å²) in [6, 6.07) is 6.22. The van der Waals surface area contributed by atoms with E-state index in [1.54, 1.807) is 24.3 Å². The molecule has 0 atom stereocenters. The molecule has 9 heteroatoms. The lowest BCUT2D eigenvalue weighted by Crippen LogP contribution is -2.39. The lowest BCUT2D eigenvalue weighted by Gasteiger charge is -2.14. The zero-order valence-corrected chi connectivity index (χ0v) is 14.6. The Labute approximate surface area is 148 Å². The molecule has 25 heavy (non-hydrogen) atoms. The van der Waals surface area contributed by atoms with Crippen LogP contribution in [0.25, 0.3) is 0 Å². The highest BCUT2D eigenvalue weighted by atomic mass is 32.1. The first-order valence-corrected chi connectivity index (χ1v) is 8.62. The smallest absolute Gasteiger partial charge is 0.321 e. The molecule has 1 aromatic heterocycles. The number of nitrogens with zero attached hydrogens (tertiary/aromatic N) is 3. The standard InChI is InChI=1S/C16H17N5O3S/c1-9(2)12-19-20-16(25-12)18-15(24)17-7-8-21-13(22)10-5-3-4-6-11(10)14(21)23/h3-6,9H,7-8H2,1-2H3,(H2,17,18,20,24). The summed E-state index contributed by atoms with van der Waals surface area (Å²) in [4.78, 5) is 37.4. The largest absolute Gasteiger partial charge is 0.336 e. The molecule has 2 N–H and O–H groups in total. The van der Waals surface area contributed by atoms with Gasteiger partial charge in [-0.3, -0.25) is 19.8 Å². The van der Waals surface area contributed by atoms with Gasteiger partial charge in [0.05, 0.1) is 11.1 Å². The molecule has 3 rings (SSSR count). The molecule has 130 valence electrons. The minimum Gasteiger partial charge on any atom is -0.336 e. The zero-order chi connectivity index (χ0) is 18.0. The lowest BCUT2D eigenvalue weighted by molar-refractivity contribution is 0.0656. The van der Waals surface area contributed by atoms with Crippen molar-refractivity contribution in [2.45, 2.75) is 19.8 Å². The van der Waals surface area contributed by atoms with Crippen LogP contribution in [0, 0.1) is 0 Å². The van der Waals surface area contributed by atoms with E-state index in [2.05, 4.69) is 20.8 Å². The monoisotopic (exact) mass is 359 g/mol. The number of anilines is 1. The minimum atomic E-state index is -0.455. The summed E-state index contributed by atoms with van der Waals surface area (Å²) < 4.78 is 0. The molecule has 0 radical (unpaired) electrons. The summed E-state index contributed by atoms with van der Waals surface area (Å²) in [6.45, 7) is 4.24. The average molecular weight is 359 g/mol. The fourth-order valence-corrected chi connectivity index (χ4v) is 3.12. The molecule has 4 amide bonds. The van der Waals surface area contributed by atoms with E-state index in [1.807, 2.05) is 13.8 Å². The predicted octanol–water partition coefficient (Wildman–Crippen LogP) is 2.08. The van der Waals surface area contributed by atoms with Crippen LogP contribution in [0.4, 0.5) is 9.93 Å². The molecule has 8 nitrogen and oxygen atoms in total. The summed E-state index contributed by atoms with van der Waals surface area (Å²) in [5.74, 6) is -0.438. The number of hydrogen-bond donors (Lipinski definition) is 2. The van der Waals surface area contributed by atoms with Gasteiger partial charge in [-0.2, -0.15) is 0 Å². The summed E-state index contributed by atoms with van der Waals surface area (Å²) in [6.07, 6.45) is 0. The molecule has 0 spiro atoms. The molecule has 0 saturated carbocycles. The zero-order valence-electron chi connectivity index (χ0n) is 13.8. The van der Waals surface area contributed by atoms with Gasteiger partial charge in [0.2, 0.25) is 5.13 Å². The van der Waals surface area contributed by atoms with E-state index in [0.29, 0.717) is 16.3 Å². The number of amides is 4. The molecule has 1 aromatic carbocycles. The van der Waals surface area contributed by atoms with Crippen LogP contribution in [-0.4, -0.2) is 46.0 Å². The van der Waals surface area contributed by atoms with Crippen LogP contribution in [0.1, 0.15) is 45.5 Å². The molecule has 1 aliphatic heterocycles. The van der Waals surface area contributed by atoms with Crippen molar-refractivity contribution < 1.29 is 14.4 Å². The summed E-state index contributed by atoms with van der Waals surface area (Å²) in [5.41, 5.74) is 0.791. The first-order chi connectivity index (χ1) is 12.0. The fourth-order valence-electron chi connectivity index (χ4n) is 2.38. The Morgan fingerprint density at radius 2 is 1.80 bits per heavy atom. The van der Waals surface area contributed by atoms with Gasteiger partial charge >= 0.3 is 6.03 Å². The molecule has 0 bridgehead atoms. The van der Waals surface area contributed by atoms with Gasteiger partial charge in [-0.05, 0) is 12.1 Å². The quantitative estimate of drug-likeness (QED) is 0.796. The maximum Gasteiger partial charge on any atom is 0.321 e. The highest BCUT2D eigenvalue weighted by Crippen LogP contribution is 2.23. The topological polar surface area (TPSA) is 104 Å². The Bertz CT molecular complexity index is 798. The number of benzene rings is 1. The van der Waals surface area contributed by atoms with Crippen LogP contribution < -0.4 is 10.6 Å². The number of imide groups is 1. The Hall–Kier alpha value is -2.81. The van der Waals surface area contributed by atoms with Crippen molar-refractivity contribution in [2.24, 2.45) is 0 Å². The fraction of sp³-hybridized carbons (Fsp3) is 0.312. The first-order valence-electron chi connectivity index (χ1n) is 7.81. The molecule has 0 saturated heterocycles. The average Bonchev–Trinajstić information content (AvgIpc) is 3.14. The second kappa shape index (κ2) is 6.98. The van der Waals surface area contributed by atoms with Gasteiger partial charge in [0.15, 0.2) is 0 Å². The summed E-state index contributed by atoms with van der Waals surface area (Å²) in [5, 5.41) is 14.3. The van der Waals surface area contributed by atoms with E-state index in [-0.39, 0.29) is 30.8 Å². The molecule has 2 aromatic rings. The van der Waals surface area contributed by atoms with Crippen molar-refractivity contribution in [1.82, 2.24) is 20.4 Å². The van der Waals surface area contributed by atoms with Gasteiger partial charge in [-0.25, -0.2) is 4.79 Å². The van der Waals surface area contributed by atoms with Crippen LogP contribution in [0.5, 0.6) is 0 Å². The predicted molar refractivity (Wildman–Crippen MR) is 92.8 cm³/mol. The maximum absolute atomic E-state index is 12.2. The number of rotatable bonds is 5. The highest BCUT2D eigenvalue weighted by molar-refractivity contribution is 7.15. The first kappa shape index (κ1) is 17.0. The second-order valence-electron chi connectivity index (χ2n) is 5.79. The van der Waals surface area contributed by atoms with E-state index in [1.165, 1.54) is 11.3 Å². The SMILES string of the molecule is CC(C)c1nnc(NC(=O)NCCN2C(=O)c3ccccc3C2=O)s1. The van der Waals surface area contributed by atoms with E-state index >= 15 is 0 Å². The molecule has 1 aliphatic rings. The molecule has 2 heterocycles. The van der Waals surface area contributed by atoms with Gasteiger partial charge in [0, 0.05) is 19.0 Å². The third-order valence-corrected chi connectivity index (χ3v) is 4.79. The molecular weight excluding hydrogens is 342 g/mol.